The van der Waals surface area contributed by atoms with E-state index in [0.29, 0.717) is 0 Å². The third-order valence-electron chi connectivity index (χ3n) is 2.08. The molecule has 0 aromatic heterocycles. The molecule has 1 rings (SSSR count). The molecule has 0 spiro atoms. The number of cyclic esters (lactones) is 1. The Labute approximate surface area is 73.1 Å². The summed E-state index contributed by atoms with van der Waals surface area (Å²) in [5, 5.41) is 17.3. The summed E-state index contributed by atoms with van der Waals surface area (Å²) < 4.78 is 4.46. The Kier molecular flexibility index (Phi) is 1.99. The first kappa shape index (κ1) is 9.50. The van der Waals surface area contributed by atoms with Crippen molar-refractivity contribution < 1.29 is 29.3 Å². The maximum atomic E-state index is 10.7. The van der Waals surface area contributed by atoms with Crippen molar-refractivity contribution in [3.05, 3.63) is 0 Å². The van der Waals surface area contributed by atoms with E-state index in [0.717, 1.165) is 6.92 Å². The van der Waals surface area contributed by atoms with Crippen LogP contribution in [0, 0.1) is 5.92 Å². The van der Waals surface area contributed by atoms with Gasteiger partial charge in [0.15, 0.2) is 0 Å². The summed E-state index contributed by atoms with van der Waals surface area (Å²) in [7, 11) is 0. The molecule has 1 aliphatic rings. The van der Waals surface area contributed by atoms with Crippen LogP contribution in [0.4, 0.5) is 0 Å². The van der Waals surface area contributed by atoms with Gasteiger partial charge < -0.3 is 14.9 Å². The quantitative estimate of drug-likeness (QED) is 0.565. The number of hydrogen-bond donors (Lipinski definition) is 2. The summed E-state index contributed by atoms with van der Waals surface area (Å²) in [6.45, 7) is 1.08. The molecule has 1 fully saturated rings. The van der Waals surface area contributed by atoms with Crippen molar-refractivity contribution in [2.75, 3.05) is 0 Å². The predicted octanol–water partition coefficient (Wildman–Crippen LogP) is -0.523. The van der Waals surface area contributed by atoms with Crippen molar-refractivity contribution in [2.45, 2.75) is 18.9 Å². The van der Waals surface area contributed by atoms with E-state index >= 15 is 0 Å². The predicted molar refractivity (Wildman–Crippen MR) is 37.9 cm³/mol. The van der Waals surface area contributed by atoms with Crippen LogP contribution < -0.4 is 0 Å². The SMILES string of the molecule is C[C@]1(C(=O)O)OC(=O)CC1C(=O)O. The van der Waals surface area contributed by atoms with Gasteiger partial charge in [-0.1, -0.05) is 0 Å². The largest absolute Gasteiger partial charge is 0.481 e. The van der Waals surface area contributed by atoms with Crippen LogP contribution in [0.15, 0.2) is 0 Å². The summed E-state index contributed by atoms with van der Waals surface area (Å²) in [6, 6.07) is 0. The number of aliphatic carboxylic acids is 2. The summed E-state index contributed by atoms with van der Waals surface area (Å²) in [6.07, 6.45) is -0.391. The molecule has 2 N–H and O–H groups in total. The number of carbonyl (C=O) groups is 3. The van der Waals surface area contributed by atoms with Crippen LogP contribution in [0.3, 0.4) is 0 Å². The van der Waals surface area contributed by atoms with Gasteiger partial charge in [-0.3, -0.25) is 9.59 Å². The lowest BCUT2D eigenvalue weighted by Gasteiger charge is -2.21. The molecular formula is C7H8O6. The second kappa shape index (κ2) is 2.72. The molecule has 0 radical (unpaired) electrons. The maximum absolute atomic E-state index is 10.7. The van der Waals surface area contributed by atoms with Crippen LogP contribution in [-0.2, 0) is 19.1 Å². The second-order valence-electron chi connectivity index (χ2n) is 2.98. The minimum absolute atomic E-state index is 0.391. The van der Waals surface area contributed by atoms with Crippen molar-refractivity contribution >= 4 is 17.9 Å². The second-order valence-corrected chi connectivity index (χ2v) is 2.98. The first-order chi connectivity index (χ1) is 5.88. The van der Waals surface area contributed by atoms with Gasteiger partial charge in [0.25, 0.3) is 0 Å². The summed E-state index contributed by atoms with van der Waals surface area (Å²) in [5.74, 6) is -4.88. The third kappa shape index (κ3) is 1.34. The zero-order valence-electron chi connectivity index (χ0n) is 6.81. The van der Waals surface area contributed by atoms with Gasteiger partial charge >= 0.3 is 17.9 Å². The topological polar surface area (TPSA) is 101 Å². The van der Waals surface area contributed by atoms with Gasteiger partial charge in [0.05, 0.1) is 6.42 Å². The van der Waals surface area contributed by atoms with E-state index in [-0.39, 0.29) is 0 Å². The molecular weight excluding hydrogens is 180 g/mol. The fourth-order valence-electron chi connectivity index (χ4n) is 1.23. The van der Waals surface area contributed by atoms with E-state index in [1.807, 2.05) is 0 Å². The van der Waals surface area contributed by atoms with Gasteiger partial charge in [-0.25, -0.2) is 4.79 Å². The van der Waals surface area contributed by atoms with Gasteiger partial charge in [-0.05, 0) is 6.92 Å². The Morgan fingerprint density at radius 3 is 2.38 bits per heavy atom. The van der Waals surface area contributed by atoms with Gasteiger partial charge in [0, 0.05) is 0 Å². The van der Waals surface area contributed by atoms with E-state index in [2.05, 4.69) is 4.74 Å². The number of ether oxygens (including phenoxy) is 1. The van der Waals surface area contributed by atoms with E-state index in [9.17, 15) is 14.4 Å². The lowest BCUT2D eigenvalue weighted by atomic mass is 9.89. The van der Waals surface area contributed by atoms with Crippen LogP contribution in [-0.4, -0.2) is 33.7 Å². The molecule has 0 aliphatic carbocycles. The summed E-state index contributed by atoms with van der Waals surface area (Å²) in [5.41, 5.74) is -1.93. The molecule has 13 heavy (non-hydrogen) atoms. The first-order valence-electron chi connectivity index (χ1n) is 3.56. The van der Waals surface area contributed by atoms with Gasteiger partial charge in [0.1, 0.15) is 5.92 Å². The molecule has 0 amide bonds. The maximum Gasteiger partial charge on any atom is 0.348 e. The highest BCUT2D eigenvalue weighted by Crippen LogP contribution is 2.33. The van der Waals surface area contributed by atoms with Gasteiger partial charge in [-0.2, -0.15) is 0 Å². The van der Waals surface area contributed by atoms with Crippen LogP contribution in [0.1, 0.15) is 13.3 Å². The standard InChI is InChI=1S/C7H8O6/c1-7(6(11)12)3(5(9)10)2-4(8)13-7/h3H,2H2,1H3,(H,9,10)(H,11,12)/t3?,7-/m0/s1. The van der Waals surface area contributed by atoms with Crippen LogP contribution in [0.25, 0.3) is 0 Å². The van der Waals surface area contributed by atoms with Crippen molar-refractivity contribution in [1.29, 1.82) is 0 Å². The Morgan fingerprint density at radius 1 is 1.54 bits per heavy atom. The molecule has 1 heterocycles. The van der Waals surface area contributed by atoms with E-state index in [1.165, 1.54) is 0 Å². The number of carboxylic acids is 2. The fourth-order valence-corrected chi connectivity index (χ4v) is 1.23. The Balaban J connectivity index is 3.01. The molecule has 72 valence electrons. The molecule has 0 saturated carbocycles. The van der Waals surface area contributed by atoms with Gasteiger partial charge in [-0.15, -0.1) is 0 Å². The number of carboxylic acid groups (broad SMARTS) is 2. The molecule has 0 bridgehead atoms. The van der Waals surface area contributed by atoms with Crippen molar-refractivity contribution in [3.63, 3.8) is 0 Å². The molecule has 0 aromatic rings. The third-order valence-corrected chi connectivity index (χ3v) is 2.08. The van der Waals surface area contributed by atoms with E-state index in [1.54, 1.807) is 0 Å². The Hall–Kier alpha value is -1.59. The zero-order valence-corrected chi connectivity index (χ0v) is 6.81. The minimum Gasteiger partial charge on any atom is -0.481 e. The number of hydrogen-bond acceptors (Lipinski definition) is 4. The highest BCUT2D eigenvalue weighted by Gasteiger charge is 2.55. The van der Waals surface area contributed by atoms with E-state index in [4.69, 9.17) is 10.2 Å². The van der Waals surface area contributed by atoms with Crippen LogP contribution in [0.2, 0.25) is 0 Å². The molecule has 2 atom stereocenters. The average Bonchev–Trinajstić information content (AvgIpc) is 2.27. The zero-order chi connectivity index (χ0) is 10.2. The average molecular weight is 188 g/mol. The minimum atomic E-state index is -1.93. The lowest BCUT2D eigenvalue weighted by molar-refractivity contribution is -0.174. The van der Waals surface area contributed by atoms with Crippen molar-refractivity contribution in [2.24, 2.45) is 5.92 Å². The summed E-state index contributed by atoms with van der Waals surface area (Å²) >= 11 is 0. The van der Waals surface area contributed by atoms with E-state index < -0.39 is 35.8 Å². The number of esters is 1. The van der Waals surface area contributed by atoms with Crippen LogP contribution in [0.5, 0.6) is 0 Å². The highest BCUT2D eigenvalue weighted by atomic mass is 16.6. The monoisotopic (exact) mass is 188 g/mol. The molecule has 0 aromatic carbocycles. The molecule has 1 aliphatic heterocycles. The smallest absolute Gasteiger partial charge is 0.348 e. The molecule has 1 saturated heterocycles. The highest BCUT2D eigenvalue weighted by molar-refractivity contribution is 5.93. The Morgan fingerprint density at radius 2 is 2.08 bits per heavy atom. The first-order valence-corrected chi connectivity index (χ1v) is 3.56. The van der Waals surface area contributed by atoms with Crippen LogP contribution >= 0.6 is 0 Å². The lowest BCUT2D eigenvalue weighted by Crippen LogP contribution is -2.44. The van der Waals surface area contributed by atoms with Crippen molar-refractivity contribution in [1.82, 2.24) is 0 Å². The molecule has 1 unspecified atom stereocenters. The number of carbonyl (C=O) groups excluding carboxylic acids is 1. The molecule has 6 nitrogen and oxygen atoms in total. The Bertz CT molecular complexity index is 283. The van der Waals surface area contributed by atoms with Gasteiger partial charge in [0.2, 0.25) is 5.60 Å². The fraction of sp³-hybridized carbons (Fsp3) is 0.571. The van der Waals surface area contributed by atoms with Crippen molar-refractivity contribution in [3.8, 4) is 0 Å². The normalized spacial score (nSPS) is 32.7. The summed E-state index contributed by atoms with van der Waals surface area (Å²) in [4.78, 5) is 31.9. The molecule has 6 heteroatoms. The number of rotatable bonds is 2.